The number of hydrogen-bond donors (Lipinski definition) is 0. The number of carbonyl (C=O) groups is 1. The van der Waals surface area contributed by atoms with Crippen molar-refractivity contribution in [3.63, 3.8) is 0 Å². The van der Waals surface area contributed by atoms with Gasteiger partial charge in [0.05, 0.1) is 6.61 Å². The molecule has 0 saturated heterocycles. The van der Waals surface area contributed by atoms with Crippen molar-refractivity contribution in [2.24, 2.45) is 0 Å². The molecule has 68 valence electrons. The van der Waals surface area contributed by atoms with E-state index < -0.39 is 0 Å². The van der Waals surface area contributed by atoms with E-state index in [2.05, 4.69) is 0 Å². The summed E-state index contributed by atoms with van der Waals surface area (Å²) in [6, 6.07) is 0. The second-order valence-corrected chi connectivity index (χ2v) is 3.83. The fourth-order valence-electron chi connectivity index (χ4n) is 1.11. The molecule has 0 aromatic heterocycles. The molecule has 1 rings (SSSR count). The quantitative estimate of drug-likeness (QED) is 0.617. The van der Waals surface area contributed by atoms with Crippen LogP contribution in [0.2, 0.25) is 0 Å². The number of carbonyl (C=O) groups excluding carboxylic acids is 1. The fraction of sp³-hybridized carbons (Fsp3) is 0.667. The van der Waals surface area contributed by atoms with Crippen LogP contribution in [-0.2, 0) is 9.53 Å². The summed E-state index contributed by atoms with van der Waals surface area (Å²) in [5.74, 6) is 2.05. The van der Waals surface area contributed by atoms with Gasteiger partial charge in [0.15, 0.2) is 0 Å². The average molecular weight is 186 g/mol. The Hall–Kier alpha value is -0.440. The highest BCUT2D eigenvalue weighted by Gasteiger charge is 2.11. The number of rotatable bonds is 2. The molecule has 1 heterocycles. The molecule has 12 heavy (non-hydrogen) atoms. The molecule has 0 fully saturated rings. The van der Waals surface area contributed by atoms with E-state index in [1.54, 1.807) is 0 Å². The summed E-state index contributed by atoms with van der Waals surface area (Å²) >= 11 is 1.90. The fourth-order valence-corrected chi connectivity index (χ4v) is 1.96. The number of hydrogen-bond acceptors (Lipinski definition) is 3. The minimum atomic E-state index is -0.125. The van der Waals surface area contributed by atoms with Crippen molar-refractivity contribution in [3.05, 3.63) is 11.6 Å². The van der Waals surface area contributed by atoms with Crippen LogP contribution in [0.5, 0.6) is 0 Å². The third-order valence-electron chi connectivity index (χ3n) is 1.71. The van der Waals surface area contributed by atoms with E-state index in [0.29, 0.717) is 6.61 Å². The van der Waals surface area contributed by atoms with Gasteiger partial charge in [-0.1, -0.05) is 6.08 Å². The summed E-state index contributed by atoms with van der Waals surface area (Å²) in [6.07, 6.45) is 3.88. The van der Waals surface area contributed by atoms with Gasteiger partial charge in [-0.25, -0.2) is 4.79 Å². The first-order valence-electron chi connectivity index (χ1n) is 4.28. The standard InChI is InChI=1S/C9H14O2S/c1-2-11-9(10)8-4-3-6-12-7-5-8/h4H,2-3,5-7H2,1H3. The van der Waals surface area contributed by atoms with Gasteiger partial charge in [-0.2, -0.15) is 11.8 Å². The minimum Gasteiger partial charge on any atom is -0.463 e. The van der Waals surface area contributed by atoms with Crippen LogP contribution >= 0.6 is 11.8 Å². The molecule has 0 aliphatic carbocycles. The predicted octanol–water partition coefficient (Wildman–Crippen LogP) is 2.00. The van der Waals surface area contributed by atoms with Gasteiger partial charge in [-0.15, -0.1) is 0 Å². The van der Waals surface area contributed by atoms with Crippen LogP contribution in [0.25, 0.3) is 0 Å². The molecule has 0 atom stereocenters. The van der Waals surface area contributed by atoms with Crippen LogP contribution in [0.4, 0.5) is 0 Å². The lowest BCUT2D eigenvalue weighted by atomic mass is 10.2. The van der Waals surface area contributed by atoms with Gasteiger partial charge in [0.1, 0.15) is 0 Å². The molecular weight excluding hydrogens is 172 g/mol. The van der Waals surface area contributed by atoms with E-state index >= 15 is 0 Å². The molecule has 3 heteroatoms. The summed E-state index contributed by atoms with van der Waals surface area (Å²) in [4.78, 5) is 11.3. The Kier molecular flexibility index (Phi) is 4.22. The molecule has 0 aromatic carbocycles. The lowest BCUT2D eigenvalue weighted by Crippen LogP contribution is -2.07. The molecule has 0 amide bonds. The Morgan fingerprint density at radius 1 is 1.67 bits per heavy atom. The second kappa shape index (κ2) is 5.25. The third kappa shape index (κ3) is 2.89. The van der Waals surface area contributed by atoms with Crippen molar-refractivity contribution in [1.29, 1.82) is 0 Å². The summed E-state index contributed by atoms with van der Waals surface area (Å²) in [5.41, 5.74) is 0.863. The molecule has 2 nitrogen and oxygen atoms in total. The van der Waals surface area contributed by atoms with Crippen molar-refractivity contribution >= 4 is 17.7 Å². The first-order valence-corrected chi connectivity index (χ1v) is 5.44. The van der Waals surface area contributed by atoms with Gasteiger partial charge in [-0.05, 0) is 31.3 Å². The third-order valence-corrected chi connectivity index (χ3v) is 2.72. The maximum Gasteiger partial charge on any atom is 0.333 e. The molecule has 0 unspecified atom stereocenters. The monoisotopic (exact) mass is 186 g/mol. The Morgan fingerprint density at radius 2 is 2.50 bits per heavy atom. The molecule has 1 aliphatic rings. The molecule has 0 N–H and O–H groups in total. The van der Waals surface area contributed by atoms with E-state index in [1.807, 2.05) is 24.8 Å². The summed E-state index contributed by atoms with van der Waals surface area (Å²) < 4.78 is 4.92. The van der Waals surface area contributed by atoms with E-state index in [0.717, 1.165) is 29.9 Å². The smallest absolute Gasteiger partial charge is 0.333 e. The molecule has 0 spiro atoms. The van der Waals surface area contributed by atoms with Crippen molar-refractivity contribution < 1.29 is 9.53 Å². The number of thioether (sulfide) groups is 1. The summed E-state index contributed by atoms with van der Waals surface area (Å²) in [7, 11) is 0. The molecule has 0 saturated carbocycles. The maximum atomic E-state index is 11.3. The zero-order valence-electron chi connectivity index (χ0n) is 7.34. The van der Waals surface area contributed by atoms with Crippen LogP contribution in [0.1, 0.15) is 19.8 Å². The van der Waals surface area contributed by atoms with Crippen LogP contribution in [0, 0.1) is 0 Å². The van der Waals surface area contributed by atoms with E-state index in [1.165, 1.54) is 0 Å². The van der Waals surface area contributed by atoms with Gasteiger partial charge in [0.2, 0.25) is 0 Å². The highest BCUT2D eigenvalue weighted by Crippen LogP contribution is 2.17. The zero-order chi connectivity index (χ0) is 8.81. The average Bonchev–Trinajstić information content (AvgIpc) is 2.32. The molecule has 0 aromatic rings. The van der Waals surface area contributed by atoms with Crippen molar-refractivity contribution in [3.8, 4) is 0 Å². The molecule has 0 radical (unpaired) electrons. The molecule has 1 aliphatic heterocycles. The van der Waals surface area contributed by atoms with Gasteiger partial charge in [0, 0.05) is 5.57 Å². The lowest BCUT2D eigenvalue weighted by Gasteiger charge is -2.03. The Morgan fingerprint density at radius 3 is 3.25 bits per heavy atom. The van der Waals surface area contributed by atoms with Crippen LogP contribution in [-0.4, -0.2) is 24.1 Å². The van der Waals surface area contributed by atoms with Crippen molar-refractivity contribution in [2.75, 3.05) is 18.1 Å². The van der Waals surface area contributed by atoms with Crippen LogP contribution in [0.15, 0.2) is 11.6 Å². The van der Waals surface area contributed by atoms with E-state index in [4.69, 9.17) is 4.74 Å². The van der Waals surface area contributed by atoms with Gasteiger partial charge < -0.3 is 4.74 Å². The number of ether oxygens (including phenoxy) is 1. The molecule has 0 bridgehead atoms. The first kappa shape index (κ1) is 9.65. The molecular formula is C9H14O2S. The van der Waals surface area contributed by atoms with Crippen molar-refractivity contribution in [1.82, 2.24) is 0 Å². The van der Waals surface area contributed by atoms with Crippen LogP contribution < -0.4 is 0 Å². The van der Waals surface area contributed by atoms with E-state index in [-0.39, 0.29) is 5.97 Å². The SMILES string of the molecule is CCOC(=O)C1=CCCSCC1. The normalized spacial score (nSPS) is 17.9. The Labute approximate surface area is 77.4 Å². The number of allylic oxidation sites excluding steroid dienone is 1. The Bertz CT molecular complexity index is 187. The van der Waals surface area contributed by atoms with Gasteiger partial charge >= 0.3 is 5.97 Å². The highest BCUT2D eigenvalue weighted by atomic mass is 32.2. The summed E-state index contributed by atoms with van der Waals surface area (Å²) in [6.45, 7) is 2.31. The maximum absolute atomic E-state index is 11.3. The lowest BCUT2D eigenvalue weighted by molar-refractivity contribution is -0.138. The van der Waals surface area contributed by atoms with Gasteiger partial charge in [0.25, 0.3) is 0 Å². The number of esters is 1. The zero-order valence-corrected chi connectivity index (χ0v) is 8.15. The van der Waals surface area contributed by atoms with Crippen LogP contribution in [0.3, 0.4) is 0 Å². The summed E-state index contributed by atoms with van der Waals surface area (Å²) in [5, 5.41) is 0. The van der Waals surface area contributed by atoms with Crippen molar-refractivity contribution in [2.45, 2.75) is 19.8 Å². The van der Waals surface area contributed by atoms with E-state index in [9.17, 15) is 4.79 Å². The predicted molar refractivity (Wildman–Crippen MR) is 51.3 cm³/mol. The highest BCUT2D eigenvalue weighted by molar-refractivity contribution is 7.99. The second-order valence-electron chi connectivity index (χ2n) is 2.60. The topological polar surface area (TPSA) is 26.3 Å². The first-order chi connectivity index (χ1) is 5.84. The minimum absolute atomic E-state index is 0.125. The largest absolute Gasteiger partial charge is 0.463 e. The van der Waals surface area contributed by atoms with Gasteiger partial charge in [-0.3, -0.25) is 0 Å². The Balaban J connectivity index is 2.47.